The Kier molecular flexibility index (Phi) is 2.71. The topological polar surface area (TPSA) is 37.4 Å². The fourth-order valence-electron chi connectivity index (χ4n) is 3.78. The van der Waals surface area contributed by atoms with E-state index in [1.54, 1.807) is 0 Å². The van der Waals surface area contributed by atoms with Gasteiger partial charge in [-0.05, 0) is 33.0 Å². The van der Waals surface area contributed by atoms with E-state index in [4.69, 9.17) is 0 Å². The zero-order valence-electron chi connectivity index (χ0n) is 12.7. The molecule has 24 heavy (non-hydrogen) atoms. The molecule has 0 spiro atoms. The maximum Gasteiger partial charge on any atom is 0.247 e. The minimum Gasteiger partial charge on any atom is -0.274 e. The van der Waals surface area contributed by atoms with Gasteiger partial charge in [0, 0.05) is 11.8 Å². The van der Waals surface area contributed by atoms with Crippen molar-refractivity contribution in [3.05, 3.63) is 54.6 Å². The Balaban J connectivity index is 1.91. The Morgan fingerprint density at radius 3 is 2.12 bits per heavy atom. The molecule has 5 rings (SSSR count). The fourth-order valence-corrected chi connectivity index (χ4v) is 4.06. The van der Waals surface area contributed by atoms with Crippen molar-refractivity contribution in [1.82, 2.24) is 0 Å². The van der Waals surface area contributed by atoms with Gasteiger partial charge in [0.25, 0.3) is 0 Å². The van der Waals surface area contributed by atoms with E-state index in [1.165, 1.54) is 10.3 Å². The van der Waals surface area contributed by atoms with Crippen molar-refractivity contribution in [2.45, 2.75) is 11.7 Å². The van der Waals surface area contributed by atoms with Crippen molar-refractivity contribution >= 4 is 62.4 Å². The van der Waals surface area contributed by atoms with Crippen molar-refractivity contribution in [3.8, 4) is 0 Å². The molecule has 2 amide bonds. The lowest BCUT2D eigenvalue weighted by Gasteiger charge is -2.19. The number of nitrogens with zero attached hydrogens (tertiary/aromatic N) is 1. The number of rotatable bonds is 1. The Hall–Kier alpha value is -2.59. The minimum atomic E-state index is -0.545. The van der Waals surface area contributed by atoms with E-state index in [0.717, 1.165) is 26.9 Å². The second kappa shape index (κ2) is 4.71. The van der Waals surface area contributed by atoms with Crippen LogP contribution in [0.4, 0.5) is 5.69 Å². The molecule has 0 unspecified atom stereocenters. The molecule has 4 heteroatoms. The van der Waals surface area contributed by atoms with Gasteiger partial charge in [-0.2, -0.15) is 12.6 Å². The van der Waals surface area contributed by atoms with Gasteiger partial charge in [-0.25, -0.2) is 4.90 Å². The molecule has 0 aliphatic carbocycles. The second-order valence-corrected chi connectivity index (χ2v) is 6.85. The number of hydrogen-bond donors (Lipinski definition) is 1. The summed E-state index contributed by atoms with van der Waals surface area (Å²) in [5.41, 5.74) is 0.660. The second-order valence-electron chi connectivity index (χ2n) is 6.23. The average Bonchev–Trinajstić information content (AvgIpc) is 2.85. The third-order valence-electron chi connectivity index (χ3n) is 4.87. The Morgan fingerprint density at radius 1 is 0.833 bits per heavy atom. The summed E-state index contributed by atoms with van der Waals surface area (Å²) in [6.07, 6.45) is 0.157. The zero-order valence-corrected chi connectivity index (χ0v) is 13.6. The molecule has 4 aromatic rings. The van der Waals surface area contributed by atoms with E-state index < -0.39 is 5.25 Å². The van der Waals surface area contributed by atoms with Gasteiger partial charge in [-0.15, -0.1) is 0 Å². The van der Waals surface area contributed by atoms with Gasteiger partial charge in [0.2, 0.25) is 11.8 Å². The normalized spacial score (nSPS) is 18.5. The van der Waals surface area contributed by atoms with Gasteiger partial charge in [0.15, 0.2) is 0 Å². The van der Waals surface area contributed by atoms with Gasteiger partial charge in [-0.3, -0.25) is 9.59 Å². The molecule has 0 saturated carbocycles. The number of anilines is 1. The van der Waals surface area contributed by atoms with Crippen LogP contribution in [0.3, 0.4) is 0 Å². The molecule has 1 aliphatic heterocycles. The van der Waals surface area contributed by atoms with E-state index in [-0.39, 0.29) is 18.2 Å². The summed E-state index contributed by atoms with van der Waals surface area (Å²) in [7, 11) is 0. The van der Waals surface area contributed by atoms with Gasteiger partial charge >= 0.3 is 0 Å². The third-order valence-corrected chi connectivity index (χ3v) is 5.27. The zero-order chi connectivity index (χ0) is 16.4. The number of hydrogen-bond acceptors (Lipinski definition) is 3. The molecule has 0 N–H and O–H groups in total. The van der Waals surface area contributed by atoms with E-state index in [2.05, 4.69) is 43.0 Å². The standard InChI is InChI=1S/C20H13NO2S/c22-17-10-16(24)20(23)21(17)15-9-7-13-5-4-11-2-1-3-12-6-8-14(15)19(13)18(11)12/h1-9,16,24H,10H2/t16-/m1/s1. The third kappa shape index (κ3) is 1.69. The molecule has 3 nitrogen and oxygen atoms in total. The number of amides is 2. The molecule has 116 valence electrons. The van der Waals surface area contributed by atoms with Crippen LogP contribution in [0.5, 0.6) is 0 Å². The number of benzene rings is 4. The molecule has 4 aromatic carbocycles. The molecular formula is C20H13NO2S. The summed E-state index contributed by atoms with van der Waals surface area (Å²) < 4.78 is 0. The first kappa shape index (κ1) is 13.8. The lowest BCUT2D eigenvalue weighted by atomic mass is 9.93. The van der Waals surface area contributed by atoms with Crippen LogP contribution >= 0.6 is 12.6 Å². The summed E-state index contributed by atoms with van der Waals surface area (Å²) >= 11 is 4.23. The van der Waals surface area contributed by atoms with Gasteiger partial charge < -0.3 is 0 Å². The molecule has 0 bridgehead atoms. The highest BCUT2D eigenvalue weighted by Crippen LogP contribution is 2.40. The smallest absolute Gasteiger partial charge is 0.247 e. The first-order valence-electron chi connectivity index (χ1n) is 7.86. The summed E-state index contributed by atoms with van der Waals surface area (Å²) in [5.74, 6) is -0.423. The number of thiol groups is 1. The highest BCUT2D eigenvalue weighted by Gasteiger charge is 2.38. The van der Waals surface area contributed by atoms with Crippen LogP contribution in [0.2, 0.25) is 0 Å². The van der Waals surface area contributed by atoms with Crippen molar-refractivity contribution in [2.24, 2.45) is 0 Å². The molecule has 1 atom stereocenters. The summed E-state index contributed by atoms with van der Waals surface area (Å²) in [6, 6.07) is 18.3. The van der Waals surface area contributed by atoms with Crippen molar-refractivity contribution in [3.63, 3.8) is 0 Å². The predicted molar refractivity (Wildman–Crippen MR) is 100 cm³/mol. The fraction of sp³-hybridized carbons (Fsp3) is 0.100. The van der Waals surface area contributed by atoms with Gasteiger partial charge in [-0.1, -0.05) is 48.5 Å². The number of imide groups is 1. The van der Waals surface area contributed by atoms with E-state index in [9.17, 15) is 9.59 Å². The largest absolute Gasteiger partial charge is 0.274 e. The molecule has 0 radical (unpaired) electrons. The minimum absolute atomic E-state index is 0.157. The maximum absolute atomic E-state index is 12.4. The van der Waals surface area contributed by atoms with Crippen molar-refractivity contribution in [2.75, 3.05) is 4.90 Å². The van der Waals surface area contributed by atoms with Crippen LogP contribution in [0.1, 0.15) is 6.42 Å². The molecular weight excluding hydrogens is 318 g/mol. The average molecular weight is 331 g/mol. The van der Waals surface area contributed by atoms with Crippen LogP contribution in [0.15, 0.2) is 54.6 Å². The highest BCUT2D eigenvalue weighted by molar-refractivity contribution is 7.82. The molecule has 1 heterocycles. The highest BCUT2D eigenvalue weighted by atomic mass is 32.1. The van der Waals surface area contributed by atoms with Crippen molar-refractivity contribution in [1.29, 1.82) is 0 Å². The molecule has 1 fully saturated rings. The summed E-state index contributed by atoms with van der Waals surface area (Å²) in [6.45, 7) is 0. The molecule has 1 aliphatic rings. The Morgan fingerprint density at radius 2 is 1.46 bits per heavy atom. The predicted octanol–water partition coefficient (Wildman–Crippen LogP) is 4.15. The molecule has 1 saturated heterocycles. The first-order chi connectivity index (χ1) is 11.6. The summed E-state index contributed by atoms with van der Waals surface area (Å²) in [5, 5.41) is 6.10. The van der Waals surface area contributed by atoms with E-state index >= 15 is 0 Å². The van der Waals surface area contributed by atoms with E-state index in [1.807, 2.05) is 24.3 Å². The quantitative estimate of drug-likeness (QED) is 0.323. The summed E-state index contributed by atoms with van der Waals surface area (Å²) in [4.78, 5) is 26.0. The SMILES string of the molecule is O=C1C[C@@H](S)C(=O)N1c1ccc2ccc3cccc4ccc1c2c34. The lowest BCUT2D eigenvalue weighted by molar-refractivity contribution is -0.121. The van der Waals surface area contributed by atoms with Crippen LogP contribution in [-0.2, 0) is 9.59 Å². The van der Waals surface area contributed by atoms with Crippen LogP contribution in [0, 0.1) is 0 Å². The number of carbonyl (C=O) groups is 2. The van der Waals surface area contributed by atoms with Gasteiger partial charge in [0.05, 0.1) is 10.9 Å². The maximum atomic E-state index is 12.4. The monoisotopic (exact) mass is 331 g/mol. The lowest BCUT2D eigenvalue weighted by Crippen LogP contribution is -2.30. The van der Waals surface area contributed by atoms with Crippen LogP contribution in [0.25, 0.3) is 32.3 Å². The van der Waals surface area contributed by atoms with E-state index in [0.29, 0.717) is 5.69 Å². The Bertz CT molecular complexity index is 1130. The van der Waals surface area contributed by atoms with Crippen LogP contribution in [-0.4, -0.2) is 17.1 Å². The molecule has 0 aromatic heterocycles. The van der Waals surface area contributed by atoms with Crippen molar-refractivity contribution < 1.29 is 9.59 Å². The first-order valence-corrected chi connectivity index (χ1v) is 8.38. The van der Waals surface area contributed by atoms with Gasteiger partial charge in [0.1, 0.15) is 0 Å². The Labute approximate surface area is 143 Å². The van der Waals surface area contributed by atoms with Crippen LogP contribution < -0.4 is 4.90 Å². The number of carbonyl (C=O) groups excluding carboxylic acids is 2.